The maximum atomic E-state index is 9.35. The minimum atomic E-state index is -0.290. The number of halogens is 1. The van der Waals surface area contributed by atoms with Crippen LogP contribution in [0.1, 0.15) is 5.56 Å². The van der Waals surface area contributed by atoms with Crippen LogP contribution in [0.4, 0.5) is 0 Å². The fourth-order valence-electron chi connectivity index (χ4n) is 1.05. The maximum Gasteiger partial charge on any atom is 0.240 e. The van der Waals surface area contributed by atoms with Crippen molar-refractivity contribution in [2.24, 2.45) is 0 Å². The summed E-state index contributed by atoms with van der Waals surface area (Å²) in [6.45, 7) is 0. The normalized spacial score (nSPS) is 10.2. The second-order valence-corrected chi connectivity index (χ2v) is 2.74. The van der Waals surface area contributed by atoms with Gasteiger partial charge in [0.2, 0.25) is 5.88 Å². The molecule has 1 N–H and O–H groups in total. The molecular weight excluding hydrogens is 192 g/mol. The Morgan fingerprint density at radius 2 is 2.38 bits per heavy atom. The van der Waals surface area contributed by atoms with Gasteiger partial charge in [-0.25, -0.2) is 4.52 Å². The Morgan fingerprint density at radius 1 is 1.62 bits per heavy atom. The fourth-order valence-corrected chi connectivity index (χ4v) is 1.22. The van der Waals surface area contributed by atoms with Crippen molar-refractivity contribution in [2.45, 2.75) is 0 Å². The van der Waals surface area contributed by atoms with E-state index in [-0.39, 0.29) is 22.1 Å². The summed E-state index contributed by atoms with van der Waals surface area (Å²) >= 11 is 5.56. The Bertz CT molecular complexity index is 513. The summed E-state index contributed by atoms with van der Waals surface area (Å²) in [6, 6.07) is 1.88. The quantitative estimate of drug-likeness (QED) is 0.678. The average molecular weight is 195 g/mol. The van der Waals surface area contributed by atoms with Gasteiger partial charge in [-0.3, -0.25) is 0 Å². The first-order valence-corrected chi connectivity index (χ1v) is 3.73. The lowest BCUT2D eigenvalue weighted by Gasteiger charge is -1.96. The molecule has 0 unspecified atom stereocenters. The molecular formula is C7H3ClN4O. The molecule has 0 aromatic carbocycles. The van der Waals surface area contributed by atoms with Crippen LogP contribution in [0.5, 0.6) is 5.88 Å². The molecule has 2 heterocycles. The molecule has 64 valence electrons. The van der Waals surface area contributed by atoms with E-state index >= 15 is 0 Å². The summed E-state index contributed by atoms with van der Waals surface area (Å²) < 4.78 is 1.31. The molecule has 13 heavy (non-hydrogen) atoms. The zero-order valence-electron chi connectivity index (χ0n) is 6.27. The molecule has 2 aromatic rings. The van der Waals surface area contributed by atoms with Gasteiger partial charge in [0.05, 0.1) is 12.4 Å². The second-order valence-electron chi connectivity index (χ2n) is 2.35. The number of aromatic hydroxyl groups is 1. The van der Waals surface area contributed by atoms with E-state index in [4.69, 9.17) is 16.9 Å². The van der Waals surface area contributed by atoms with Crippen LogP contribution in [-0.4, -0.2) is 19.7 Å². The predicted molar refractivity (Wildman–Crippen MR) is 44.4 cm³/mol. The van der Waals surface area contributed by atoms with Crippen molar-refractivity contribution < 1.29 is 5.11 Å². The van der Waals surface area contributed by atoms with Gasteiger partial charge in [-0.05, 0) is 0 Å². The molecule has 2 rings (SSSR count). The highest BCUT2D eigenvalue weighted by atomic mass is 35.5. The monoisotopic (exact) mass is 194 g/mol. The molecule has 0 fully saturated rings. The van der Waals surface area contributed by atoms with Crippen LogP contribution >= 0.6 is 11.6 Å². The van der Waals surface area contributed by atoms with Crippen LogP contribution in [-0.2, 0) is 0 Å². The molecule has 0 saturated heterocycles. The lowest BCUT2D eigenvalue weighted by Crippen LogP contribution is -1.89. The summed E-state index contributed by atoms with van der Waals surface area (Å²) in [4.78, 5) is 3.59. The predicted octanol–water partition coefficient (Wildman–Crippen LogP) is 0.960. The van der Waals surface area contributed by atoms with E-state index in [1.165, 1.54) is 16.9 Å². The molecule has 0 bridgehead atoms. The summed E-state index contributed by atoms with van der Waals surface area (Å²) in [5.41, 5.74) is 0.536. The van der Waals surface area contributed by atoms with Crippen molar-refractivity contribution in [3.8, 4) is 11.9 Å². The number of rotatable bonds is 0. The van der Waals surface area contributed by atoms with Crippen LogP contribution in [0.3, 0.4) is 0 Å². The first-order valence-electron chi connectivity index (χ1n) is 3.35. The highest BCUT2D eigenvalue weighted by Gasteiger charge is 2.10. The van der Waals surface area contributed by atoms with Crippen LogP contribution < -0.4 is 0 Å². The second kappa shape index (κ2) is 2.61. The Hall–Kier alpha value is -1.80. The van der Waals surface area contributed by atoms with Gasteiger partial charge in [-0.2, -0.15) is 15.3 Å². The number of nitriles is 1. The summed E-state index contributed by atoms with van der Waals surface area (Å²) in [7, 11) is 0. The van der Waals surface area contributed by atoms with Crippen LogP contribution in [0.2, 0.25) is 5.15 Å². The van der Waals surface area contributed by atoms with E-state index in [0.29, 0.717) is 0 Å². The molecule has 0 spiro atoms. The van der Waals surface area contributed by atoms with E-state index in [2.05, 4.69) is 10.1 Å². The summed E-state index contributed by atoms with van der Waals surface area (Å²) in [6.07, 6.45) is 2.75. The van der Waals surface area contributed by atoms with Gasteiger partial charge < -0.3 is 5.11 Å². The number of hydrogen-bond donors (Lipinski definition) is 1. The minimum absolute atomic E-state index is 0.123. The molecule has 0 aliphatic carbocycles. The summed E-state index contributed by atoms with van der Waals surface area (Å²) in [5, 5.41) is 21.9. The number of aromatic nitrogens is 3. The van der Waals surface area contributed by atoms with Gasteiger partial charge in [0.25, 0.3) is 0 Å². The fraction of sp³-hybridized carbons (Fsp3) is 0. The molecule has 0 saturated carbocycles. The molecule has 0 atom stereocenters. The standard InChI is InChI=1S/C7H3ClN4O/c8-5-3-12-6(7(13)11-5)4(1-9)2-10-12/h2-3H,(H,11,13). The molecule has 6 heteroatoms. The van der Waals surface area contributed by atoms with Gasteiger partial charge in [-0.1, -0.05) is 11.6 Å². The smallest absolute Gasteiger partial charge is 0.240 e. The molecule has 2 aromatic heterocycles. The molecule has 0 amide bonds. The van der Waals surface area contributed by atoms with Crippen molar-refractivity contribution in [3.05, 3.63) is 23.1 Å². The van der Waals surface area contributed by atoms with Crippen molar-refractivity contribution in [2.75, 3.05) is 0 Å². The molecule has 5 nitrogen and oxygen atoms in total. The van der Waals surface area contributed by atoms with Crippen LogP contribution in [0.25, 0.3) is 5.52 Å². The number of fused-ring (bicyclic) bond motifs is 1. The average Bonchev–Trinajstić information content (AvgIpc) is 2.47. The zero-order chi connectivity index (χ0) is 9.42. The largest absolute Gasteiger partial charge is 0.492 e. The number of hydrogen-bond acceptors (Lipinski definition) is 4. The Morgan fingerprint density at radius 3 is 3.08 bits per heavy atom. The Kier molecular flexibility index (Phi) is 1.57. The van der Waals surface area contributed by atoms with Crippen molar-refractivity contribution in [1.82, 2.24) is 14.6 Å². The van der Waals surface area contributed by atoms with Gasteiger partial charge in [0.15, 0.2) is 5.15 Å². The van der Waals surface area contributed by atoms with Crippen LogP contribution in [0, 0.1) is 11.3 Å². The first-order chi connectivity index (χ1) is 6.22. The lowest BCUT2D eigenvalue weighted by molar-refractivity contribution is 0.456. The van der Waals surface area contributed by atoms with Gasteiger partial charge in [-0.15, -0.1) is 0 Å². The summed E-state index contributed by atoms with van der Waals surface area (Å²) in [5.74, 6) is -0.290. The third-order valence-corrected chi connectivity index (χ3v) is 1.75. The molecule has 0 aliphatic rings. The SMILES string of the molecule is N#Cc1cnn2cc(Cl)nc(O)c12. The molecule has 0 aliphatic heterocycles. The third-order valence-electron chi connectivity index (χ3n) is 1.57. The van der Waals surface area contributed by atoms with E-state index in [1.54, 1.807) is 0 Å². The Balaban J connectivity index is 2.92. The topological polar surface area (TPSA) is 74.2 Å². The van der Waals surface area contributed by atoms with Gasteiger partial charge in [0.1, 0.15) is 17.1 Å². The van der Waals surface area contributed by atoms with E-state index in [9.17, 15) is 5.11 Å². The third kappa shape index (κ3) is 1.08. The van der Waals surface area contributed by atoms with Crippen molar-refractivity contribution in [3.63, 3.8) is 0 Å². The van der Waals surface area contributed by atoms with E-state index in [1.807, 2.05) is 6.07 Å². The van der Waals surface area contributed by atoms with E-state index < -0.39 is 0 Å². The lowest BCUT2D eigenvalue weighted by atomic mass is 10.3. The Labute approximate surface area is 77.8 Å². The molecule has 0 radical (unpaired) electrons. The van der Waals surface area contributed by atoms with Gasteiger partial charge in [0, 0.05) is 0 Å². The highest BCUT2D eigenvalue weighted by Crippen LogP contribution is 2.21. The zero-order valence-corrected chi connectivity index (χ0v) is 7.02. The van der Waals surface area contributed by atoms with Crippen LogP contribution in [0.15, 0.2) is 12.4 Å². The minimum Gasteiger partial charge on any atom is -0.492 e. The van der Waals surface area contributed by atoms with E-state index in [0.717, 1.165) is 0 Å². The van der Waals surface area contributed by atoms with Crippen molar-refractivity contribution >= 4 is 17.1 Å². The van der Waals surface area contributed by atoms with Crippen molar-refractivity contribution in [1.29, 1.82) is 5.26 Å². The maximum absolute atomic E-state index is 9.35. The first kappa shape index (κ1) is 7.83. The number of nitrogens with zero attached hydrogens (tertiary/aromatic N) is 4. The van der Waals surface area contributed by atoms with Gasteiger partial charge >= 0.3 is 0 Å². The highest BCUT2D eigenvalue weighted by molar-refractivity contribution is 6.29.